The Morgan fingerprint density at radius 2 is 1.82 bits per heavy atom. The van der Waals surface area contributed by atoms with Crippen molar-refractivity contribution in [3.05, 3.63) is 42.1 Å². The molecule has 6 nitrogen and oxygen atoms in total. The number of carbonyl (C=O) groups excluding carboxylic acids is 1. The van der Waals surface area contributed by atoms with Crippen LogP contribution < -0.4 is 15.0 Å². The molecule has 2 aromatic rings. The minimum absolute atomic E-state index is 0.273. The summed E-state index contributed by atoms with van der Waals surface area (Å²) in [5, 5.41) is 11.0. The average molecular weight is 298 g/mol. The summed E-state index contributed by atoms with van der Waals surface area (Å²) in [5.74, 6) is 1.30. The second-order valence-electron chi connectivity index (χ2n) is 5.15. The number of nitrogens with zero attached hydrogens (tertiary/aromatic N) is 3. The highest BCUT2D eigenvalue weighted by atomic mass is 16.5. The van der Waals surface area contributed by atoms with Crippen molar-refractivity contribution in [1.82, 2.24) is 10.2 Å². The molecule has 1 fully saturated rings. The van der Waals surface area contributed by atoms with E-state index < -0.39 is 0 Å². The molecule has 1 aliphatic heterocycles. The lowest BCUT2D eigenvalue weighted by Crippen LogP contribution is -2.20. The second-order valence-corrected chi connectivity index (χ2v) is 5.15. The van der Waals surface area contributed by atoms with Crippen molar-refractivity contribution in [2.45, 2.75) is 12.8 Å². The van der Waals surface area contributed by atoms with Crippen molar-refractivity contribution in [1.29, 1.82) is 0 Å². The Labute approximate surface area is 129 Å². The van der Waals surface area contributed by atoms with Crippen molar-refractivity contribution >= 4 is 17.4 Å². The maximum Gasteiger partial charge on any atom is 0.276 e. The number of benzene rings is 1. The van der Waals surface area contributed by atoms with E-state index in [1.54, 1.807) is 37.4 Å². The van der Waals surface area contributed by atoms with Crippen LogP contribution in [-0.2, 0) is 0 Å². The van der Waals surface area contributed by atoms with Crippen molar-refractivity contribution in [3.8, 4) is 5.75 Å². The summed E-state index contributed by atoms with van der Waals surface area (Å²) >= 11 is 0. The van der Waals surface area contributed by atoms with Gasteiger partial charge in [0.15, 0.2) is 11.5 Å². The summed E-state index contributed by atoms with van der Waals surface area (Å²) < 4.78 is 5.08. The van der Waals surface area contributed by atoms with Crippen LogP contribution in [-0.4, -0.2) is 36.3 Å². The highest BCUT2D eigenvalue weighted by molar-refractivity contribution is 6.02. The van der Waals surface area contributed by atoms with Crippen LogP contribution in [0.3, 0.4) is 0 Å². The fourth-order valence-corrected chi connectivity index (χ4v) is 2.43. The number of carbonyl (C=O) groups is 1. The van der Waals surface area contributed by atoms with Gasteiger partial charge in [-0.2, -0.15) is 0 Å². The fourth-order valence-electron chi connectivity index (χ4n) is 2.43. The highest BCUT2D eigenvalue weighted by Gasteiger charge is 2.15. The van der Waals surface area contributed by atoms with Gasteiger partial charge in [-0.3, -0.25) is 4.79 Å². The molecule has 0 saturated carbocycles. The lowest BCUT2D eigenvalue weighted by molar-refractivity contribution is 0.102. The predicted octanol–water partition coefficient (Wildman–Crippen LogP) is 2.34. The van der Waals surface area contributed by atoms with E-state index in [0.29, 0.717) is 11.4 Å². The Hall–Kier alpha value is -2.63. The Morgan fingerprint density at radius 3 is 2.41 bits per heavy atom. The molecular weight excluding hydrogens is 280 g/mol. The molecular formula is C16H18N4O2. The molecule has 2 heterocycles. The van der Waals surface area contributed by atoms with Crippen molar-refractivity contribution < 1.29 is 9.53 Å². The molecule has 22 heavy (non-hydrogen) atoms. The zero-order valence-electron chi connectivity index (χ0n) is 12.5. The molecule has 114 valence electrons. The first-order chi connectivity index (χ1) is 10.8. The molecule has 1 aliphatic rings. The number of hydrogen-bond acceptors (Lipinski definition) is 5. The van der Waals surface area contributed by atoms with E-state index in [9.17, 15) is 4.79 Å². The number of methoxy groups -OCH3 is 1. The maximum atomic E-state index is 12.1. The van der Waals surface area contributed by atoms with Gasteiger partial charge in [0.1, 0.15) is 5.75 Å². The number of ether oxygens (including phenoxy) is 1. The van der Waals surface area contributed by atoms with Gasteiger partial charge in [-0.1, -0.05) is 0 Å². The average Bonchev–Trinajstić information content (AvgIpc) is 3.10. The van der Waals surface area contributed by atoms with Gasteiger partial charge in [0.05, 0.1) is 7.11 Å². The van der Waals surface area contributed by atoms with Crippen LogP contribution in [0.4, 0.5) is 11.5 Å². The number of anilines is 2. The summed E-state index contributed by atoms with van der Waals surface area (Å²) in [6.07, 6.45) is 2.36. The largest absolute Gasteiger partial charge is 0.497 e. The van der Waals surface area contributed by atoms with Crippen molar-refractivity contribution in [3.63, 3.8) is 0 Å². The standard InChI is InChI=1S/C16H18N4O2/c1-22-13-6-4-12(5-7-13)17-16(21)14-8-9-15(19-18-14)20-10-2-3-11-20/h4-9H,2-3,10-11H2,1H3,(H,17,21). The third-order valence-corrected chi connectivity index (χ3v) is 3.66. The second kappa shape index (κ2) is 6.43. The molecule has 6 heteroatoms. The molecule has 0 spiro atoms. The summed E-state index contributed by atoms with van der Waals surface area (Å²) in [4.78, 5) is 14.3. The predicted molar refractivity (Wildman–Crippen MR) is 84.4 cm³/mol. The SMILES string of the molecule is COc1ccc(NC(=O)c2ccc(N3CCCC3)nn2)cc1. The first-order valence-electron chi connectivity index (χ1n) is 7.30. The van der Waals surface area contributed by atoms with E-state index in [1.165, 1.54) is 12.8 Å². The maximum absolute atomic E-state index is 12.1. The van der Waals surface area contributed by atoms with Crippen LogP contribution in [0.25, 0.3) is 0 Å². The molecule has 1 amide bonds. The van der Waals surface area contributed by atoms with Gasteiger partial charge in [0.2, 0.25) is 0 Å². The van der Waals surface area contributed by atoms with E-state index in [1.807, 2.05) is 6.07 Å². The zero-order chi connectivity index (χ0) is 15.4. The van der Waals surface area contributed by atoms with Crippen LogP contribution in [0.2, 0.25) is 0 Å². The van der Waals surface area contributed by atoms with Crippen LogP contribution in [0.5, 0.6) is 5.75 Å². The first-order valence-corrected chi connectivity index (χ1v) is 7.30. The fraction of sp³-hybridized carbons (Fsp3) is 0.312. The van der Waals surface area contributed by atoms with Crippen LogP contribution in [0, 0.1) is 0 Å². The number of rotatable bonds is 4. The Kier molecular flexibility index (Phi) is 4.18. The molecule has 1 aromatic heterocycles. The zero-order valence-corrected chi connectivity index (χ0v) is 12.5. The molecule has 1 N–H and O–H groups in total. The number of amides is 1. The Bertz CT molecular complexity index is 634. The quantitative estimate of drug-likeness (QED) is 0.938. The van der Waals surface area contributed by atoms with Crippen LogP contribution >= 0.6 is 0 Å². The van der Waals surface area contributed by atoms with Crippen LogP contribution in [0.1, 0.15) is 23.3 Å². The smallest absolute Gasteiger partial charge is 0.276 e. The van der Waals surface area contributed by atoms with Crippen molar-refractivity contribution in [2.75, 3.05) is 30.4 Å². The minimum Gasteiger partial charge on any atom is -0.497 e. The molecule has 0 unspecified atom stereocenters. The molecule has 0 bridgehead atoms. The van der Waals surface area contributed by atoms with Gasteiger partial charge < -0.3 is 15.0 Å². The lowest BCUT2D eigenvalue weighted by atomic mass is 10.3. The van der Waals surface area contributed by atoms with E-state index in [-0.39, 0.29) is 5.91 Å². The van der Waals surface area contributed by atoms with Crippen LogP contribution in [0.15, 0.2) is 36.4 Å². The summed E-state index contributed by atoms with van der Waals surface area (Å²) in [6.45, 7) is 2.01. The van der Waals surface area contributed by atoms with Gasteiger partial charge in [0.25, 0.3) is 5.91 Å². The summed E-state index contributed by atoms with van der Waals surface area (Å²) in [5.41, 5.74) is 0.995. The molecule has 0 atom stereocenters. The molecule has 0 aliphatic carbocycles. The first kappa shape index (κ1) is 14.3. The third kappa shape index (κ3) is 3.16. The number of hydrogen-bond donors (Lipinski definition) is 1. The van der Waals surface area contributed by atoms with E-state index in [4.69, 9.17) is 4.74 Å². The Morgan fingerprint density at radius 1 is 1.09 bits per heavy atom. The lowest BCUT2D eigenvalue weighted by Gasteiger charge is -2.15. The van der Waals surface area contributed by atoms with Gasteiger partial charge in [-0.25, -0.2) is 0 Å². The number of aromatic nitrogens is 2. The summed E-state index contributed by atoms with van der Waals surface area (Å²) in [7, 11) is 1.60. The van der Waals surface area contributed by atoms with E-state index in [0.717, 1.165) is 24.7 Å². The normalized spacial score (nSPS) is 14.0. The van der Waals surface area contributed by atoms with E-state index >= 15 is 0 Å². The van der Waals surface area contributed by atoms with Crippen molar-refractivity contribution in [2.24, 2.45) is 0 Å². The number of nitrogens with one attached hydrogen (secondary N) is 1. The molecule has 1 aromatic carbocycles. The summed E-state index contributed by atoms with van der Waals surface area (Å²) in [6, 6.07) is 10.7. The minimum atomic E-state index is -0.273. The van der Waals surface area contributed by atoms with Gasteiger partial charge >= 0.3 is 0 Å². The van der Waals surface area contributed by atoms with Gasteiger partial charge in [-0.05, 0) is 49.2 Å². The van der Waals surface area contributed by atoms with E-state index in [2.05, 4.69) is 20.4 Å². The molecule has 0 radical (unpaired) electrons. The monoisotopic (exact) mass is 298 g/mol. The van der Waals surface area contributed by atoms with Gasteiger partial charge in [-0.15, -0.1) is 10.2 Å². The molecule has 1 saturated heterocycles. The highest BCUT2D eigenvalue weighted by Crippen LogP contribution is 2.18. The third-order valence-electron chi connectivity index (χ3n) is 3.66. The van der Waals surface area contributed by atoms with Gasteiger partial charge in [0, 0.05) is 18.8 Å². The molecule has 3 rings (SSSR count). The topological polar surface area (TPSA) is 67.3 Å². The Balaban J connectivity index is 1.66.